The number of aromatic amines is 1. The molecule has 1 heterocycles. The van der Waals surface area contributed by atoms with Crippen LogP contribution in [0.25, 0.3) is 0 Å². The van der Waals surface area contributed by atoms with Crippen LogP contribution >= 0.6 is 0 Å². The Morgan fingerprint density at radius 2 is 2.46 bits per heavy atom. The zero-order valence-corrected chi connectivity index (χ0v) is 7.57. The Morgan fingerprint density at radius 1 is 1.77 bits per heavy atom. The highest BCUT2D eigenvalue weighted by Crippen LogP contribution is 2.01. The standard InChI is InChI=1S/C7H12N4O2/c1-3-4(2)13-6(12)5-9-7(8)11-10-5/h4H,3H2,1-2H3,(H3,8,9,10,11). The van der Waals surface area contributed by atoms with Gasteiger partial charge < -0.3 is 10.5 Å². The van der Waals surface area contributed by atoms with E-state index >= 15 is 0 Å². The maximum absolute atomic E-state index is 11.2. The van der Waals surface area contributed by atoms with Gasteiger partial charge in [0.05, 0.1) is 6.10 Å². The minimum Gasteiger partial charge on any atom is -0.457 e. The third-order valence-corrected chi connectivity index (χ3v) is 1.58. The summed E-state index contributed by atoms with van der Waals surface area (Å²) in [6.45, 7) is 3.73. The number of hydrogen-bond acceptors (Lipinski definition) is 5. The molecule has 0 aliphatic carbocycles. The molecular formula is C7H12N4O2. The molecule has 1 rings (SSSR count). The second kappa shape index (κ2) is 3.88. The Morgan fingerprint density at radius 3 is 2.92 bits per heavy atom. The number of esters is 1. The molecule has 0 saturated heterocycles. The molecule has 0 amide bonds. The molecule has 13 heavy (non-hydrogen) atoms. The van der Waals surface area contributed by atoms with Crippen molar-refractivity contribution in [3.63, 3.8) is 0 Å². The van der Waals surface area contributed by atoms with Gasteiger partial charge in [-0.05, 0) is 13.3 Å². The number of H-pyrrole nitrogens is 1. The smallest absolute Gasteiger partial charge is 0.376 e. The summed E-state index contributed by atoms with van der Waals surface area (Å²) in [4.78, 5) is 14.9. The Hall–Kier alpha value is -1.59. The van der Waals surface area contributed by atoms with Gasteiger partial charge in [-0.25, -0.2) is 4.79 Å². The van der Waals surface area contributed by atoms with E-state index in [9.17, 15) is 4.79 Å². The summed E-state index contributed by atoms with van der Waals surface area (Å²) in [5.41, 5.74) is 5.22. The van der Waals surface area contributed by atoms with Crippen molar-refractivity contribution in [2.24, 2.45) is 0 Å². The van der Waals surface area contributed by atoms with E-state index in [-0.39, 0.29) is 17.9 Å². The Labute approximate surface area is 75.5 Å². The summed E-state index contributed by atoms with van der Waals surface area (Å²) in [5.74, 6) is -0.451. The van der Waals surface area contributed by atoms with Gasteiger partial charge in [0.2, 0.25) is 11.8 Å². The average Bonchev–Trinajstić information content (AvgIpc) is 2.51. The van der Waals surface area contributed by atoms with Crippen LogP contribution in [0.5, 0.6) is 0 Å². The van der Waals surface area contributed by atoms with Gasteiger partial charge in [-0.1, -0.05) is 6.92 Å². The van der Waals surface area contributed by atoms with Crippen molar-refractivity contribution in [3.8, 4) is 0 Å². The van der Waals surface area contributed by atoms with Crippen LogP contribution in [-0.2, 0) is 4.74 Å². The van der Waals surface area contributed by atoms with Crippen LogP contribution in [0, 0.1) is 0 Å². The molecular weight excluding hydrogens is 172 g/mol. The van der Waals surface area contributed by atoms with Crippen LogP contribution in [0.3, 0.4) is 0 Å². The Bertz CT molecular complexity index is 296. The van der Waals surface area contributed by atoms with Crippen molar-refractivity contribution in [1.29, 1.82) is 0 Å². The van der Waals surface area contributed by atoms with Gasteiger partial charge in [0.25, 0.3) is 0 Å². The molecule has 0 aliphatic heterocycles. The maximum Gasteiger partial charge on any atom is 0.376 e. The van der Waals surface area contributed by atoms with Crippen molar-refractivity contribution in [2.45, 2.75) is 26.4 Å². The van der Waals surface area contributed by atoms with Gasteiger partial charge in [0, 0.05) is 0 Å². The van der Waals surface area contributed by atoms with Crippen LogP contribution < -0.4 is 5.73 Å². The number of aromatic nitrogens is 3. The van der Waals surface area contributed by atoms with Gasteiger partial charge in [0.1, 0.15) is 0 Å². The summed E-state index contributed by atoms with van der Waals surface area (Å²) in [7, 11) is 0. The topological polar surface area (TPSA) is 93.9 Å². The molecule has 1 aromatic rings. The fraction of sp³-hybridized carbons (Fsp3) is 0.571. The van der Waals surface area contributed by atoms with E-state index in [1.54, 1.807) is 6.92 Å². The molecule has 72 valence electrons. The van der Waals surface area contributed by atoms with E-state index in [1.807, 2.05) is 6.92 Å². The molecule has 6 heteroatoms. The monoisotopic (exact) mass is 184 g/mol. The Kier molecular flexibility index (Phi) is 2.84. The summed E-state index contributed by atoms with van der Waals surface area (Å²) in [5, 5.41) is 5.89. The maximum atomic E-state index is 11.2. The van der Waals surface area contributed by atoms with Crippen LogP contribution in [0.2, 0.25) is 0 Å². The fourth-order valence-corrected chi connectivity index (χ4v) is 0.688. The molecule has 0 aliphatic rings. The molecule has 0 spiro atoms. The number of rotatable bonds is 3. The molecule has 1 atom stereocenters. The van der Waals surface area contributed by atoms with Gasteiger partial charge in [-0.15, -0.1) is 5.10 Å². The first-order valence-electron chi connectivity index (χ1n) is 4.02. The van der Waals surface area contributed by atoms with E-state index in [0.717, 1.165) is 6.42 Å². The van der Waals surface area contributed by atoms with Crippen molar-refractivity contribution in [3.05, 3.63) is 5.82 Å². The van der Waals surface area contributed by atoms with Crippen molar-refractivity contribution in [1.82, 2.24) is 15.2 Å². The molecule has 6 nitrogen and oxygen atoms in total. The number of nitrogen functional groups attached to an aromatic ring is 1. The van der Waals surface area contributed by atoms with E-state index < -0.39 is 5.97 Å². The third-order valence-electron chi connectivity index (χ3n) is 1.58. The number of nitrogens with two attached hydrogens (primary N) is 1. The third kappa shape index (κ3) is 2.43. The number of anilines is 1. The van der Waals surface area contributed by atoms with Crippen LogP contribution in [0.4, 0.5) is 5.95 Å². The first-order valence-corrected chi connectivity index (χ1v) is 4.02. The molecule has 0 bridgehead atoms. The predicted molar refractivity (Wildman–Crippen MR) is 46.0 cm³/mol. The normalized spacial score (nSPS) is 12.5. The SMILES string of the molecule is CCC(C)OC(=O)c1nc(N)n[nH]1. The van der Waals surface area contributed by atoms with Crippen molar-refractivity contribution in [2.75, 3.05) is 5.73 Å². The lowest BCUT2D eigenvalue weighted by Gasteiger charge is -2.08. The first kappa shape index (κ1) is 9.50. The van der Waals surface area contributed by atoms with Gasteiger partial charge in [-0.2, -0.15) is 4.98 Å². The molecule has 0 fully saturated rings. The highest BCUT2D eigenvalue weighted by molar-refractivity contribution is 5.85. The molecule has 1 unspecified atom stereocenters. The van der Waals surface area contributed by atoms with E-state index in [1.165, 1.54) is 0 Å². The summed E-state index contributed by atoms with van der Waals surface area (Å²) in [6.07, 6.45) is 0.633. The number of carbonyl (C=O) groups excluding carboxylic acids is 1. The predicted octanol–water partition coefficient (Wildman–Crippen LogP) is 0.342. The number of nitrogens with zero attached hydrogens (tertiary/aromatic N) is 2. The summed E-state index contributed by atoms with van der Waals surface area (Å²) >= 11 is 0. The van der Waals surface area contributed by atoms with E-state index in [0.29, 0.717) is 0 Å². The van der Waals surface area contributed by atoms with Crippen LogP contribution in [0.15, 0.2) is 0 Å². The lowest BCUT2D eigenvalue weighted by molar-refractivity contribution is 0.0320. The first-order chi connectivity index (χ1) is 6.13. The summed E-state index contributed by atoms with van der Waals surface area (Å²) in [6, 6.07) is 0. The number of nitrogens with one attached hydrogen (secondary N) is 1. The zero-order valence-electron chi connectivity index (χ0n) is 7.57. The minimum atomic E-state index is -0.529. The van der Waals surface area contributed by atoms with Crippen LogP contribution in [0.1, 0.15) is 30.9 Å². The number of carbonyl (C=O) groups is 1. The van der Waals surface area contributed by atoms with Gasteiger partial charge >= 0.3 is 5.97 Å². The zero-order chi connectivity index (χ0) is 9.84. The fourth-order valence-electron chi connectivity index (χ4n) is 0.688. The van der Waals surface area contributed by atoms with Crippen LogP contribution in [-0.4, -0.2) is 27.3 Å². The quantitative estimate of drug-likeness (QED) is 0.660. The second-order valence-electron chi connectivity index (χ2n) is 2.67. The molecule has 3 N–H and O–H groups in total. The van der Waals surface area contributed by atoms with Gasteiger partial charge in [0.15, 0.2) is 0 Å². The van der Waals surface area contributed by atoms with Gasteiger partial charge in [-0.3, -0.25) is 5.10 Å². The number of hydrogen-bond donors (Lipinski definition) is 2. The van der Waals surface area contributed by atoms with E-state index in [2.05, 4.69) is 15.2 Å². The summed E-state index contributed by atoms with van der Waals surface area (Å²) < 4.78 is 4.97. The molecule has 0 aromatic carbocycles. The molecule has 0 radical (unpaired) electrons. The average molecular weight is 184 g/mol. The second-order valence-corrected chi connectivity index (χ2v) is 2.67. The highest BCUT2D eigenvalue weighted by Gasteiger charge is 2.14. The van der Waals surface area contributed by atoms with Crippen molar-refractivity contribution >= 4 is 11.9 Å². The largest absolute Gasteiger partial charge is 0.457 e. The van der Waals surface area contributed by atoms with Crippen molar-refractivity contribution < 1.29 is 9.53 Å². The molecule has 1 aromatic heterocycles. The highest BCUT2D eigenvalue weighted by atomic mass is 16.5. The lowest BCUT2D eigenvalue weighted by atomic mass is 10.3. The molecule has 0 saturated carbocycles. The Balaban J connectivity index is 2.58. The minimum absolute atomic E-state index is 0.0381. The van der Waals surface area contributed by atoms with E-state index in [4.69, 9.17) is 10.5 Å². The number of ether oxygens (including phenoxy) is 1. The lowest BCUT2D eigenvalue weighted by Crippen LogP contribution is -2.15.